The first-order valence-corrected chi connectivity index (χ1v) is 4.50. The first-order valence-electron chi connectivity index (χ1n) is 4.50. The van der Waals surface area contributed by atoms with E-state index in [0.717, 1.165) is 5.56 Å². The Morgan fingerprint density at radius 1 is 1.27 bits per heavy atom. The molecule has 3 nitrogen and oxygen atoms in total. The molecule has 0 aliphatic carbocycles. The molecule has 1 aromatic carbocycles. The number of rotatable bonds is 1. The van der Waals surface area contributed by atoms with E-state index in [1.54, 1.807) is 12.1 Å². The van der Waals surface area contributed by atoms with Gasteiger partial charge in [-0.25, -0.2) is 4.98 Å². The van der Waals surface area contributed by atoms with Gasteiger partial charge in [0.25, 0.3) is 5.56 Å². The van der Waals surface area contributed by atoms with Crippen LogP contribution >= 0.6 is 0 Å². The van der Waals surface area contributed by atoms with Crippen LogP contribution in [0.4, 0.5) is 4.39 Å². The summed E-state index contributed by atoms with van der Waals surface area (Å²) in [6.07, 6.45) is 0. The molecule has 0 unspecified atom stereocenters. The molecule has 1 aromatic heterocycles. The molecular formula is C11H9FN2O. The third-order valence-corrected chi connectivity index (χ3v) is 2.08. The van der Waals surface area contributed by atoms with Gasteiger partial charge in [-0.15, -0.1) is 0 Å². The van der Waals surface area contributed by atoms with Crippen molar-refractivity contribution < 1.29 is 4.39 Å². The molecule has 1 heterocycles. The summed E-state index contributed by atoms with van der Waals surface area (Å²) in [5.74, 6) is -0.436. The molecule has 2 rings (SSSR count). The first kappa shape index (κ1) is 9.58. The van der Waals surface area contributed by atoms with Crippen LogP contribution in [0.15, 0.2) is 35.1 Å². The summed E-state index contributed by atoms with van der Waals surface area (Å²) < 4.78 is 13.0. The van der Waals surface area contributed by atoms with Crippen molar-refractivity contribution in [2.75, 3.05) is 0 Å². The molecule has 0 fully saturated rings. The molecule has 0 radical (unpaired) electrons. The van der Waals surface area contributed by atoms with Gasteiger partial charge in [-0.2, -0.15) is 4.39 Å². The fraction of sp³-hybridized carbons (Fsp3) is 0.0909. The number of aromatic nitrogens is 2. The lowest BCUT2D eigenvalue weighted by Crippen LogP contribution is -2.15. The number of hydrogen-bond acceptors (Lipinski definition) is 2. The molecule has 0 bridgehead atoms. The molecule has 76 valence electrons. The van der Waals surface area contributed by atoms with Crippen LogP contribution in [0.25, 0.3) is 11.4 Å². The SMILES string of the molecule is Cc1nc(-c2ccccc2)[nH]c(=O)c1F. The van der Waals surface area contributed by atoms with Crippen molar-refractivity contribution >= 4 is 0 Å². The fourth-order valence-electron chi connectivity index (χ4n) is 1.30. The predicted octanol–water partition coefficient (Wildman–Crippen LogP) is 1.88. The van der Waals surface area contributed by atoms with E-state index < -0.39 is 11.4 Å². The molecule has 0 atom stereocenters. The largest absolute Gasteiger partial charge is 0.304 e. The Labute approximate surface area is 85.6 Å². The van der Waals surface area contributed by atoms with E-state index in [2.05, 4.69) is 9.97 Å². The van der Waals surface area contributed by atoms with E-state index in [9.17, 15) is 9.18 Å². The molecule has 0 aliphatic rings. The van der Waals surface area contributed by atoms with Crippen LogP contribution in [0.1, 0.15) is 5.69 Å². The molecule has 0 amide bonds. The fourth-order valence-corrected chi connectivity index (χ4v) is 1.30. The summed E-state index contributed by atoms with van der Waals surface area (Å²) in [6.45, 7) is 1.47. The van der Waals surface area contributed by atoms with E-state index in [0.29, 0.717) is 5.82 Å². The van der Waals surface area contributed by atoms with Gasteiger partial charge >= 0.3 is 0 Å². The maximum Gasteiger partial charge on any atom is 0.287 e. The summed E-state index contributed by atoms with van der Waals surface area (Å²) in [5.41, 5.74) is 0.136. The van der Waals surface area contributed by atoms with E-state index in [1.165, 1.54) is 6.92 Å². The van der Waals surface area contributed by atoms with Gasteiger partial charge in [-0.3, -0.25) is 4.79 Å². The number of H-pyrrole nitrogens is 1. The van der Waals surface area contributed by atoms with E-state index >= 15 is 0 Å². The molecule has 2 aromatic rings. The van der Waals surface area contributed by atoms with Gasteiger partial charge in [0.05, 0.1) is 5.69 Å². The number of nitrogens with zero attached hydrogens (tertiary/aromatic N) is 1. The zero-order chi connectivity index (χ0) is 10.8. The van der Waals surface area contributed by atoms with Gasteiger partial charge in [0, 0.05) is 5.56 Å². The van der Waals surface area contributed by atoms with Crippen LogP contribution in [0.2, 0.25) is 0 Å². The third kappa shape index (κ3) is 1.79. The lowest BCUT2D eigenvalue weighted by molar-refractivity contribution is 0.589. The van der Waals surface area contributed by atoms with Gasteiger partial charge in [0.2, 0.25) is 5.82 Å². The number of aromatic amines is 1. The van der Waals surface area contributed by atoms with Crippen molar-refractivity contribution in [3.05, 3.63) is 52.2 Å². The Kier molecular flexibility index (Phi) is 2.33. The zero-order valence-corrected chi connectivity index (χ0v) is 8.12. The normalized spacial score (nSPS) is 10.3. The minimum atomic E-state index is -0.824. The number of aryl methyl sites for hydroxylation is 1. The number of halogens is 1. The minimum Gasteiger partial charge on any atom is -0.304 e. The second-order valence-electron chi connectivity index (χ2n) is 3.18. The van der Waals surface area contributed by atoms with E-state index in [-0.39, 0.29) is 5.69 Å². The monoisotopic (exact) mass is 204 g/mol. The molecule has 0 saturated carbocycles. The van der Waals surface area contributed by atoms with Crippen molar-refractivity contribution in [1.82, 2.24) is 9.97 Å². The average Bonchev–Trinajstić information content (AvgIpc) is 2.26. The molecule has 0 spiro atoms. The van der Waals surface area contributed by atoms with Gasteiger partial charge in [0.15, 0.2) is 0 Å². The maximum atomic E-state index is 13.0. The second kappa shape index (κ2) is 3.65. The molecule has 4 heteroatoms. The van der Waals surface area contributed by atoms with Gasteiger partial charge in [-0.05, 0) is 6.92 Å². The first-order chi connectivity index (χ1) is 7.18. The second-order valence-corrected chi connectivity index (χ2v) is 3.18. The predicted molar refractivity (Wildman–Crippen MR) is 55.0 cm³/mol. The summed E-state index contributed by atoms with van der Waals surface area (Å²) in [7, 11) is 0. The maximum absolute atomic E-state index is 13.0. The van der Waals surface area contributed by atoms with Crippen molar-refractivity contribution in [2.45, 2.75) is 6.92 Å². The van der Waals surface area contributed by atoms with Crippen LogP contribution < -0.4 is 5.56 Å². The smallest absolute Gasteiger partial charge is 0.287 e. The Morgan fingerprint density at radius 2 is 1.93 bits per heavy atom. The Balaban J connectivity index is 2.61. The third-order valence-electron chi connectivity index (χ3n) is 2.08. The van der Waals surface area contributed by atoms with E-state index in [1.807, 2.05) is 18.2 Å². The number of hydrogen-bond donors (Lipinski definition) is 1. The summed E-state index contributed by atoms with van der Waals surface area (Å²) in [5, 5.41) is 0. The average molecular weight is 204 g/mol. The van der Waals surface area contributed by atoms with Crippen LogP contribution in [0, 0.1) is 12.7 Å². The topological polar surface area (TPSA) is 45.8 Å². The van der Waals surface area contributed by atoms with E-state index in [4.69, 9.17) is 0 Å². The molecule has 1 N–H and O–H groups in total. The van der Waals surface area contributed by atoms with Gasteiger partial charge in [-0.1, -0.05) is 30.3 Å². The van der Waals surface area contributed by atoms with Crippen LogP contribution in [-0.4, -0.2) is 9.97 Å². The van der Waals surface area contributed by atoms with Crippen LogP contribution in [0.3, 0.4) is 0 Å². The summed E-state index contributed by atoms with van der Waals surface area (Å²) in [6, 6.07) is 9.12. The van der Waals surface area contributed by atoms with Crippen molar-refractivity contribution in [3.63, 3.8) is 0 Å². The highest BCUT2D eigenvalue weighted by atomic mass is 19.1. The lowest BCUT2D eigenvalue weighted by atomic mass is 10.2. The van der Waals surface area contributed by atoms with Crippen molar-refractivity contribution in [1.29, 1.82) is 0 Å². The standard InChI is InChI=1S/C11H9FN2O/c1-7-9(12)11(15)14-10(13-7)8-5-3-2-4-6-8/h2-6H,1H3,(H,13,14,15). The highest BCUT2D eigenvalue weighted by molar-refractivity contribution is 5.54. The van der Waals surface area contributed by atoms with Gasteiger partial charge in [0.1, 0.15) is 5.82 Å². The molecule has 0 aliphatic heterocycles. The highest BCUT2D eigenvalue weighted by Crippen LogP contribution is 2.12. The van der Waals surface area contributed by atoms with Crippen LogP contribution in [-0.2, 0) is 0 Å². The zero-order valence-electron chi connectivity index (χ0n) is 8.12. The number of benzene rings is 1. The molecular weight excluding hydrogens is 195 g/mol. The van der Waals surface area contributed by atoms with Crippen LogP contribution in [0.5, 0.6) is 0 Å². The van der Waals surface area contributed by atoms with Crippen molar-refractivity contribution in [3.8, 4) is 11.4 Å². The lowest BCUT2D eigenvalue weighted by Gasteiger charge is -2.01. The highest BCUT2D eigenvalue weighted by Gasteiger charge is 2.07. The minimum absolute atomic E-state index is 0.109. The van der Waals surface area contributed by atoms with Crippen molar-refractivity contribution in [2.24, 2.45) is 0 Å². The summed E-state index contributed by atoms with van der Waals surface area (Å²) in [4.78, 5) is 17.5. The molecule has 0 saturated heterocycles. The Hall–Kier alpha value is -1.97. The molecule has 15 heavy (non-hydrogen) atoms. The quantitative estimate of drug-likeness (QED) is 0.770. The Bertz CT molecular complexity index is 534. The summed E-state index contributed by atoms with van der Waals surface area (Å²) >= 11 is 0. The number of nitrogens with one attached hydrogen (secondary N) is 1. The van der Waals surface area contributed by atoms with Gasteiger partial charge < -0.3 is 4.98 Å². The Morgan fingerprint density at radius 3 is 2.53 bits per heavy atom.